The second-order valence-corrected chi connectivity index (χ2v) is 7.16. The van der Waals surface area contributed by atoms with Crippen molar-refractivity contribution in [1.82, 2.24) is 9.78 Å². The van der Waals surface area contributed by atoms with Crippen LogP contribution in [-0.4, -0.2) is 48.2 Å². The predicted octanol–water partition coefficient (Wildman–Crippen LogP) is -0.462. The maximum absolute atomic E-state index is 12.1. The molecule has 0 aliphatic carbocycles. The monoisotopic (exact) mass is 284 g/mol. The highest BCUT2D eigenvalue weighted by Crippen LogP contribution is 2.36. The molecule has 0 radical (unpaired) electrons. The summed E-state index contributed by atoms with van der Waals surface area (Å²) in [6.45, 7) is 2.32. The molecule has 7 nitrogen and oxygen atoms in total. The van der Waals surface area contributed by atoms with Gasteiger partial charge in [0.2, 0.25) is 5.91 Å². The summed E-state index contributed by atoms with van der Waals surface area (Å²) < 4.78 is 25.1. The van der Waals surface area contributed by atoms with Crippen LogP contribution in [0.2, 0.25) is 0 Å². The average Bonchev–Trinajstić information content (AvgIpc) is 2.65. The quantitative estimate of drug-likeness (QED) is 0.754. The number of nitrogens with zero attached hydrogens (tertiary/aromatic N) is 3. The van der Waals surface area contributed by atoms with Crippen LogP contribution in [-0.2, 0) is 28.1 Å². The van der Waals surface area contributed by atoms with Crippen molar-refractivity contribution in [2.45, 2.75) is 19.4 Å². The zero-order valence-electron chi connectivity index (χ0n) is 10.9. The third-order valence-electron chi connectivity index (χ3n) is 3.68. The summed E-state index contributed by atoms with van der Waals surface area (Å²) in [5.41, 5.74) is 1.56. The number of amides is 1. The Hall–Kier alpha value is -1.57. The summed E-state index contributed by atoms with van der Waals surface area (Å²) in [6.07, 6.45) is 0.722. The average molecular weight is 284 g/mol. The number of carbonyl (C=O) groups excluding carboxylic acids is 1. The molecule has 8 heteroatoms. The number of sulfone groups is 1. The number of nitrogens with one attached hydrogen (secondary N) is 1. The molecular weight excluding hydrogens is 268 g/mol. The molecule has 19 heavy (non-hydrogen) atoms. The SMILES string of the molecule is CCc1nn(C)c2c1NC(=O)C1CS(=O)(=O)CCN21. The number of fused-ring (bicyclic) bond motifs is 3. The van der Waals surface area contributed by atoms with Crippen molar-refractivity contribution in [2.75, 3.05) is 28.3 Å². The van der Waals surface area contributed by atoms with E-state index in [1.165, 1.54) is 0 Å². The van der Waals surface area contributed by atoms with E-state index in [0.717, 1.165) is 23.6 Å². The second kappa shape index (κ2) is 3.96. The summed E-state index contributed by atoms with van der Waals surface area (Å²) in [4.78, 5) is 14.0. The number of hydrogen-bond donors (Lipinski definition) is 1. The van der Waals surface area contributed by atoms with Gasteiger partial charge in [-0.1, -0.05) is 6.92 Å². The van der Waals surface area contributed by atoms with Gasteiger partial charge in [-0.15, -0.1) is 0 Å². The Morgan fingerprint density at radius 2 is 2.21 bits per heavy atom. The number of anilines is 2. The summed E-state index contributed by atoms with van der Waals surface area (Å²) in [7, 11) is -1.32. The van der Waals surface area contributed by atoms with Crippen LogP contribution in [0.25, 0.3) is 0 Å². The zero-order valence-corrected chi connectivity index (χ0v) is 11.7. The van der Waals surface area contributed by atoms with Crippen LogP contribution in [0.3, 0.4) is 0 Å². The van der Waals surface area contributed by atoms with E-state index in [0.29, 0.717) is 6.54 Å². The van der Waals surface area contributed by atoms with E-state index in [4.69, 9.17) is 0 Å². The number of carbonyl (C=O) groups is 1. The Kier molecular flexibility index (Phi) is 2.60. The van der Waals surface area contributed by atoms with Crippen molar-refractivity contribution in [3.63, 3.8) is 0 Å². The normalized spacial score (nSPS) is 24.6. The summed E-state index contributed by atoms with van der Waals surface area (Å²) in [5, 5.41) is 7.19. The Bertz CT molecular complexity index is 649. The van der Waals surface area contributed by atoms with Crippen molar-refractivity contribution in [3.8, 4) is 0 Å². The lowest BCUT2D eigenvalue weighted by Gasteiger charge is -2.39. The third kappa shape index (κ3) is 1.81. The summed E-state index contributed by atoms with van der Waals surface area (Å²) >= 11 is 0. The lowest BCUT2D eigenvalue weighted by molar-refractivity contribution is -0.117. The minimum Gasteiger partial charge on any atom is -0.341 e. The first-order chi connectivity index (χ1) is 8.93. The van der Waals surface area contributed by atoms with Gasteiger partial charge in [0.25, 0.3) is 0 Å². The van der Waals surface area contributed by atoms with Crippen molar-refractivity contribution < 1.29 is 13.2 Å². The van der Waals surface area contributed by atoms with Crippen LogP contribution in [0.4, 0.5) is 11.5 Å². The van der Waals surface area contributed by atoms with Gasteiger partial charge in [0.05, 0.1) is 17.2 Å². The summed E-state index contributed by atoms with van der Waals surface area (Å²) in [6, 6.07) is -0.633. The molecule has 0 aromatic carbocycles. The Morgan fingerprint density at radius 1 is 1.47 bits per heavy atom. The molecule has 1 aromatic rings. The van der Waals surface area contributed by atoms with Crippen LogP contribution >= 0.6 is 0 Å². The molecule has 2 aliphatic rings. The van der Waals surface area contributed by atoms with Crippen molar-refractivity contribution in [3.05, 3.63) is 5.69 Å². The molecule has 0 spiro atoms. The lowest BCUT2D eigenvalue weighted by atomic mass is 10.1. The van der Waals surface area contributed by atoms with Crippen molar-refractivity contribution in [2.24, 2.45) is 7.05 Å². The molecule has 2 aliphatic heterocycles. The Balaban J connectivity index is 2.10. The van der Waals surface area contributed by atoms with Crippen molar-refractivity contribution in [1.29, 1.82) is 0 Å². The molecule has 1 N–H and O–H groups in total. The van der Waals surface area contributed by atoms with E-state index in [1.807, 2.05) is 18.9 Å². The van der Waals surface area contributed by atoms with Gasteiger partial charge in [-0.25, -0.2) is 8.42 Å². The van der Waals surface area contributed by atoms with Gasteiger partial charge in [-0.3, -0.25) is 9.48 Å². The maximum Gasteiger partial charge on any atom is 0.248 e. The molecule has 1 fully saturated rings. The highest BCUT2D eigenvalue weighted by molar-refractivity contribution is 7.91. The number of rotatable bonds is 1. The zero-order chi connectivity index (χ0) is 13.8. The fourth-order valence-electron chi connectivity index (χ4n) is 2.76. The highest BCUT2D eigenvalue weighted by Gasteiger charge is 2.42. The van der Waals surface area contributed by atoms with E-state index in [-0.39, 0.29) is 17.4 Å². The fourth-order valence-corrected chi connectivity index (χ4v) is 4.21. The van der Waals surface area contributed by atoms with E-state index >= 15 is 0 Å². The Morgan fingerprint density at radius 3 is 2.89 bits per heavy atom. The van der Waals surface area contributed by atoms with Crippen LogP contribution in [0.5, 0.6) is 0 Å². The first kappa shape index (κ1) is 12.5. The van der Waals surface area contributed by atoms with Crippen LogP contribution in [0, 0.1) is 0 Å². The van der Waals surface area contributed by atoms with Crippen LogP contribution < -0.4 is 10.2 Å². The standard InChI is InChI=1S/C11H16N4O3S/c1-3-7-9-11(14(2)13-7)15-4-5-19(17,18)6-8(15)10(16)12-9/h8H,3-6H2,1-2H3,(H,12,16). The van der Waals surface area contributed by atoms with Gasteiger partial charge in [0.15, 0.2) is 15.7 Å². The third-order valence-corrected chi connectivity index (χ3v) is 5.31. The number of aryl methyl sites for hydroxylation is 2. The molecular formula is C11H16N4O3S. The number of hydrogen-bond acceptors (Lipinski definition) is 5. The largest absolute Gasteiger partial charge is 0.341 e. The molecule has 1 unspecified atom stereocenters. The molecule has 3 rings (SSSR count). The van der Waals surface area contributed by atoms with E-state index in [2.05, 4.69) is 10.4 Å². The van der Waals surface area contributed by atoms with Gasteiger partial charge in [0, 0.05) is 13.6 Å². The fraction of sp³-hybridized carbons (Fsp3) is 0.636. The van der Waals surface area contributed by atoms with E-state index in [1.54, 1.807) is 4.68 Å². The molecule has 0 bridgehead atoms. The Labute approximate surface area is 111 Å². The van der Waals surface area contributed by atoms with E-state index < -0.39 is 15.9 Å². The van der Waals surface area contributed by atoms with Gasteiger partial charge >= 0.3 is 0 Å². The second-order valence-electron chi connectivity index (χ2n) is 4.94. The smallest absolute Gasteiger partial charge is 0.248 e. The molecule has 1 amide bonds. The lowest BCUT2D eigenvalue weighted by Crippen LogP contribution is -2.57. The van der Waals surface area contributed by atoms with Crippen molar-refractivity contribution >= 4 is 27.2 Å². The van der Waals surface area contributed by atoms with Crippen LogP contribution in [0.1, 0.15) is 12.6 Å². The van der Waals surface area contributed by atoms with Gasteiger partial charge < -0.3 is 10.2 Å². The first-order valence-corrected chi connectivity index (χ1v) is 8.09. The van der Waals surface area contributed by atoms with Gasteiger partial charge in [-0.05, 0) is 6.42 Å². The molecule has 1 atom stereocenters. The molecule has 3 heterocycles. The number of aromatic nitrogens is 2. The molecule has 1 saturated heterocycles. The molecule has 104 valence electrons. The highest BCUT2D eigenvalue weighted by atomic mass is 32.2. The minimum absolute atomic E-state index is 0.0862. The van der Waals surface area contributed by atoms with Gasteiger partial charge in [0.1, 0.15) is 11.7 Å². The summed E-state index contributed by atoms with van der Waals surface area (Å²) in [5.74, 6) is 0.531. The molecule has 1 aromatic heterocycles. The maximum atomic E-state index is 12.1. The predicted molar refractivity (Wildman–Crippen MR) is 71.0 cm³/mol. The van der Waals surface area contributed by atoms with E-state index in [9.17, 15) is 13.2 Å². The first-order valence-electron chi connectivity index (χ1n) is 6.26. The van der Waals surface area contributed by atoms with Crippen LogP contribution in [0.15, 0.2) is 0 Å². The minimum atomic E-state index is -3.13. The molecule has 0 saturated carbocycles. The topological polar surface area (TPSA) is 84.3 Å². The van der Waals surface area contributed by atoms with Gasteiger partial charge in [-0.2, -0.15) is 5.10 Å².